The van der Waals surface area contributed by atoms with E-state index in [0.717, 1.165) is 11.1 Å². The number of aryl methyl sites for hydroxylation is 2. The van der Waals surface area contributed by atoms with Crippen molar-refractivity contribution in [3.63, 3.8) is 0 Å². The summed E-state index contributed by atoms with van der Waals surface area (Å²) in [5, 5.41) is 0.937. The first-order chi connectivity index (χ1) is 7.08. The van der Waals surface area contributed by atoms with Gasteiger partial charge in [-0.3, -0.25) is 0 Å². The molecule has 1 aromatic rings. The van der Waals surface area contributed by atoms with Gasteiger partial charge in [0.15, 0.2) is 0 Å². The van der Waals surface area contributed by atoms with Crippen molar-refractivity contribution in [2.24, 2.45) is 0 Å². The van der Waals surface area contributed by atoms with Gasteiger partial charge in [-0.2, -0.15) is 0 Å². The molecular weight excluding hydrogens is 252 g/mol. The average molecular weight is 269 g/mol. The first kappa shape index (κ1) is 11.0. The fourth-order valence-corrected chi connectivity index (χ4v) is 2.38. The highest BCUT2D eigenvalue weighted by molar-refractivity contribution is 9.09. The Labute approximate surface area is 100.0 Å². The molecule has 82 valence electrons. The van der Waals surface area contributed by atoms with Crippen molar-refractivity contribution in [1.82, 2.24) is 0 Å². The Hall–Kier alpha value is -0.500. The minimum Gasteiger partial charge on any atom is -0.486 e. The second-order valence-corrected chi connectivity index (χ2v) is 5.13. The first-order valence-corrected chi connectivity index (χ1v) is 6.52. The van der Waals surface area contributed by atoms with E-state index < -0.39 is 0 Å². The molecule has 0 spiro atoms. The van der Waals surface area contributed by atoms with Gasteiger partial charge in [-0.05, 0) is 50.3 Å². The second kappa shape index (κ2) is 3.82. The van der Waals surface area contributed by atoms with Crippen LogP contribution >= 0.6 is 15.9 Å². The van der Waals surface area contributed by atoms with E-state index in [0.29, 0.717) is 0 Å². The van der Waals surface area contributed by atoms with Gasteiger partial charge in [0.2, 0.25) is 0 Å². The highest BCUT2D eigenvalue weighted by Gasteiger charge is 2.44. The molecule has 15 heavy (non-hydrogen) atoms. The van der Waals surface area contributed by atoms with Crippen LogP contribution in [0.4, 0.5) is 0 Å². The van der Waals surface area contributed by atoms with Crippen molar-refractivity contribution in [2.75, 3.05) is 5.33 Å². The first-order valence-electron chi connectivity index (χ1n) is 5.40. The Bertz CT molecular complexity index is 380. The molecule has 2 heteroatoms. The summed E-state index contributed by atoms with van der Waals surface area (Å²) in [7, 11) is 0. The topological polar surface area (TPSA) is 9.23 Å². The molecule has 0 N–H and O–H groups in total. The van der Waals surface area contributed by atoms with Crippen LogP contribution in [0.2, 0.25) is 0 Å². The Morgan fingerprint density at radius 1 is 1.20 bits per heavy atom. The van der Waals surface area contributed by atoms with Crippen LogP contribution in [0.5, 0.6) is 5.75 Å². The smallest absolute Gasteiger partial charge is 0.126 e. The molecule has 1 nitrogen and oxygen atoms in total. The fraction of sp³-hybridized carbons (Fsp3) is 0.538. The largest absolute Gasteiger partial charge is 0.486 e. The summed E-state index contributed by atoms with van der Waals surface area (Å²) in [5.41, 5.74) is 3.91. The number of halogens is 1. The Morgan fingerprint density at radius 3 is 2.33 bits per heavy atom. The highest BCUT2D eigenvalue weighted by atomic mass is 79.9. The van der Waals surface area contributed by atoms with Gasteiger partial charge < -0.3 is 4.74 Å². The van der Waals surface area contributed by atoms with Crippen LogP contribution in [0.25, 0.3) is 0 Å². The number of ether oxygens (including phenoxy) is 1. The van der Waals surface area contributed by atoms with E-state index in [1.165, 1.54) is 29.5 Å². The number of alkyl halides is 1. The van der Waals surface area contributed by atoms with Crippen LogP contribution in [0.3, 0.4) is 0 Å². The molecule has 1 aliphatic rings. The summed E-state index contributed by atoms with van der Waals surface area (Å²) in [5.74, 6) is 1.09. The van der Waals surface area contributed by atoms with Gasteiger partial charge in [0.05, 0.1) is 0 Å². The average Bonchev–Trinajstić information content (AvgIpc) is 3.00. The SMILES string of the molecule is Cc1ccc(C)c(OC2(CBr)CC2)c1C. The molecule has 0 amide bonds. The predicted molar refractivity (Wildman–Crippen MR) is 67.0 cm³/mol. The maximum absolute atomic E-state index is 6.16. The summed E-state index contributed by atoms with van der Waals surface area (Å²) in [6, 6.07) is 4.30. The Kier molecular flexibility index (Phi) is 2.80. The summed E-state index contributed by atoms with van der Waals surface area (Å²) < 4.78 is 6.16. The zero-order valence-electron chi connectivity index (χ0n) is 9.56. The molecule has 1 aliphatic carbocycles. The third kappa shape index (κ3) is 2.05. The molecule has 0 atom stereocenters. The lowest BCUT2D eigenvalue weighted by Crippen LogP contribution is -2.20. The standard InChI is InChI=1S/C13H17BrO/c1-9-4-5-10(2)12(11(9)3)15-13(8-14)6-7-13/h4-5H,6-8H2,1-3H3. The van der Waals surface area contributed by atoms with Crippen molar-refractivity contribution in [1.29, 1.82) is 0 Å². The minimum absolute atomic E-state index is 0.0866. The van der Waals surface area contributed by atoms with Gasteiger partial charge in [-0.15, -0.1) is 0 Å². The van der Waals surface area contributed by atoms with Crippen molar-refractivity contribution in [3.05, 3.63) is 28.8 Å². The van der Waals surface area contributed by atoms with Crippen LogP contribution in [0.15, 0.2) is 12.1 Å². The van der Waals surface area contributed by atoms with Crippen molar-refractivity contribution < 1.29 is 4.74 Å². The van der Waals surface area contributed by atoms with E-state index in [9.17, 15) is 0 Å². The minimum atomic E-state index is 0.0866. The van der Waals surface area contributed by atoms with Gasteiger partial charge in [0.25, 0.3) is 0 Å². The van der Waals surface area contributed by atoms with Crippen LogP contribution in [-0.2, 0) is 0 Å². The predicted octanol–water partition coefficient (Wildman–Crippen LogP) is 3.92. The maximum Gasteiger partial charge on any atom is 0.126 e. The molecule has 2 rings (SSSR count). The molecule has 1 fully saturated rings. The van der Waals surface area contributed by atoms with E-state index in [-0.39, 0.29) is 5.60 Å². The normalized spacial score (nSPS) is 17.6. The lowest BCUT2D eigenvalue weighted by molar-refractivity contribution is 0.203. The molecule has 0 saturated heterocycles. The van der Waals surface area contributed by atoms with Crippen molar-refractivity contribution >= 4 is 15.9 Å². The lowest BCUT2D eigenvalue weighted by Gasteiger charge is -2.20. The van der Waals surface area contributed by atoms with Gasteiger partial charge >= 0.3 is 0 Å². The second-order valence-electron chi connectivity index (χ2n) is 4.57. The number of rotatable bonds is 3. The Balaban J connectivity index is 2.31. The fourth-order valence-electron chi connectivity index (χ4n) is 1.70. The van der Waals surface area contributed by atoms with Crippen LogP contribution in [0.1, 0.15) is 29.5 Å². The molecular formula is C13H17BrO. The molecule has 0 unspecified atom stereocenters. The third-order valence-corrected chi connectivity index (χ3v) is 4.27. The summed E-state index contributed by atoms with van der Waals surface area (Å²) in [6.45, 7) is 6.39. The van der Waals surface area contributed by atoms with Gasteiger partial charge in [0.1, 0.15) is 11.4 Å². The lowest BCUT2D eigenvalue weighted by atomic mass is 10.1. The summed E-state index contributed by atoms with van der Waals surface area (Å²) >= 11 is 3.53. The number of benzene rings is 1. The van der Waals surface area contributed by atoms with Gasteiger partial charge in [0, 0.05) is 5.33 Å². The van der Waals surface area contributed by atoms with Crippen LogP contribution < -0.4 is 4.74 Å². The zero-order valence-corrected chi connectivity index (χ0v) is 11.1. The number of hydrogen-bond donors (Lipinski definition) is 0. The maximum atomic E-state index is 6.16. The van der Waals surface area contributed by atoms with E-state index in [1.807, 2.05) is 0 Å². The monoisotopic (exact) mass is 268 g/mol. The van der Waals surface area contributed by atoms with E-state index in [1.54, 1.807) is 0 Å². The van der Waals surface area contributed by atoms with E-state index in [4.69, 9.17) is 4.74 Å². The zero-order chi connectivity index (χ0) is 11.1. The number of hydrogen-bond acceptors (Lipinski definition) is 1. The summed E-state index contributed by atoms with van der Waals surface area (Å²) in [6.07, 6.45) is 2.34. The molecule has 0 aromatic heterocycles. The van der Waals surface area contributed by atoms with Crippen LogP contribution in [-0.4, -0.2) is 10.9 Å². The van der Waals surface area contributed by atoms with Gasteiger partial charge in [-0.1, -0.05) is 28.1 Å². The molecule has 0 aliphatic heterocycles. The summed E-state index contributed by atoms with van der Waals surface area (Å²) in [4.78, 5) is 0. The van der Waals surface area contributed by atoms with E-state index >= 15 is 0 Å². The molecule has 1 aromatic carbocycles. The molecule has 1 saturated carbocycles. The van der Waals surface area contributed by atoms with E-state index in [2.05, 4.69) is 48.8 Å². The molecule has 0 heterocycles. The molecule has 0 bridgehead atoms. The Morgan fingerprint density at radius 2 is 1.80 bits per heavy atom. The van der Waals surface area contributed by atoms with Crippen molar-refractivity contribution in [2.45, 2.75) is 39.2 Å². The highest BCUT2D eigenvalue weighted by Crippen LogP contribution is 2.43. The molecule has 0 radical (unpaired) electrons. The van der Waals surface area contributed by atoms with Gasteiger partial charge in [-0.25, -0.2) is 0 Å². The van der Waals surface area contributed by atoms with Crippen LogP contribution in [0, 0.1) is 20.8 Å². The quantitative estimate of drug-likeness (QED) is 0.756. The third-order valence-electron chi connectivity index (χ3n) is 3.24. The van der Waals surface area contributed by atoms with Crippen molar-refractivity contribution in [3.8, 4) is 5.75 Å².